The van der Waals surface area contributed by atoms with E-state index in [1.165, 1.54) is 0 Å². The first-order chi connectivity index (χ1) is 8.90. The second-order valence-electron chi connectivity index (χ2n) is 3.98. The summed E-state index contributed by atoms with van der Waals surface area (Å²) in [5.74, 6) is 1.67. The molecule has 3 heteroatoms. The molecule has 0 bridgehead atoms. The number of benzene rings is 2. The van der Waals surface area contributed by atoms with Crippen molar-refractivity contribution in [2.75, 3.05) is 18.4 Å². The summed E-state index contributed by atoms with van der Waals surface area (Å²) in [7, 11) is 0. The van der Waals surface area contributed by atoms with Gasteiger partial charge >= 0.3 is 0 Å². The van der Waals surface area contributed by atoms with Crippen LogP contribution in [-0.2, 0) is 0 Å². The van der Waals surface area contributed by atoms with Gasteiger partial charge in [-0.05, 0) is 37.2 Å². The summed E-state index contributed by atoms with van der Waals surface area (Å²) >= 11 is 0. The topological polar surface area (TPSA) is 47.3 Å². The Morgan fingerprint density at radius 2 is 1.67 bits per heavy atom. The van der Waals surface area contributed by atoms with E-state index in [1.54, 1.807) is 0 Å². The van der Waals surface area contributed by atoms with E-state index in [0.717, 1.165) is 30.2 Å². The van der Waals surface area contributed by atoms with E-state index in [9.17, 15) is 0 Å². The first kappa shape index (κ1) is 12.5. The van der Waals surface area contributed by atoms with E-state index >= 15 is 0 Å². The highest BCUT2D eigenvalue weighted by Crippen LogP contribution is 2.28. The fourth-order valence-corrected chi connectivity index (χ4v) is 1.64. The van der Waals surface area contributed by atoms with Gasteiger partial charge in [0.2, 0.25) is 0 Å². The van der Waals surface area contributed by atoms with Crippen LogP contribution in [0.25, 0.3) is 0 Å². The first-order valence-electron chi connectivity index (χ1n) is 6.16. The quantitative estimate of drug-likeness (QED) is 0.764. The number of rotatable bonds is 6. The van der Waals surface area contributed by atoms with E-state index < -0.39 is 0 Å². The minimum absolute atomic E-state index is 0.689. The van der Waals surface area contributed by atoms with Crippen molar-refractivity contribution < 1.29 is 4.74 Å². The average molecular weight is 242 g/mol. The van der Waals surface area contributed by atoms with Gasteiger partial charge in [0.15, 0.2) is 5.75 Å². The summed E-state index contributed by atoms with van der Waals surface area (Å²) < 4.78 is 5.85. The van der Waals surface area contributed by atoms with Crippen molar-refractivity contribution in [3.8, 4) is 11.5 Å². The molecule has 0 aliphatic heterocycles. The van der Waals surface area contributed by atoms with Crippen LogP contribution >= 0.6 is 0 Å². The second kappa shape index (κ2) is 6.67. The van der Waals surface area contributed by atoms with Crippen LogP contribution in [0.15, 0.2) is 54.6 Å². The lowest BCUT2D eigenvalue weighted by atomic mass is 10.2. The number of anilines is 1. The van der Waals surface area contributed by atoms with Crippen molar-refractivity contribution in [3.05, 3.63) is 54.6 Å². The smallest absolute Gasteiger partial charge is 0.150 e. The molecule has 2 aromatic carbocycles. The zero-order chi connectivity index (χ0) is 12.6. The van der Waals surface area contributed by atoms with E-state index in [0.29, 0.717) is 6.54 Å². The molecule has 2 aromatic rings. The van der Waals surface area contributed by atoms with Crippen molar-refractivity contribution in [2.24, 2.45) is 5.73 Å². The molecule has 0 aromatic heterocycles. The van der Waals surface area contributed by atoms with Crippen LogP contribution in [0.3, 0.4) is 0 Å². The molecule has 0 fully saturated rings. The Labute approximate surface area is 108 Å². The molecule has 0 amide bonds. The molecule has 94 valence electrons. The Morgan fingerprint density at radius 1 is 0.944 bits per heavy atom. The van der Waals surface area contributed by atoms with Crippen LogP contribution < -0.4 is 15.8 Å². The van der Waals surface area contributed by atoms with Gasteiger partial charge in [-0.3, -0.25) is 0 Å². The fourth-order valence-electron chi connectivity index (χ4n) is 1.64. The van der Waals surface area contributed by atoms with Gasteiger partial charge in [0, 0.05) is 6.54 Å². The fraction of sp³-hybridized carbons (Fsp3) is 0.200. The predicted molar refractivity (Wildman–Crippen MR) is 75.1 cm³/mol. The summed E-state index contributed by atoms with van der Waals surface area (Å²) in [5, 5.41) is 3.33. The number of hydrogen-bond donors (Lipinski definition) is 2. The van der Waals surface area contributed by atoms with E-state index in [4.69, 9.17) is 10.5 Å². The van der Waals surface area contributed by atoms with Crippen molar-refractivity contribution in [1.82, 2.24) is 0 Å². The minimum atomic E-state index is 0.689. The molecular formula is C15H18N2O. The molecule has 0 aliphatic rings. The Hall–Kier alpha value is -2.00. The van der Waals surface area contributed by atoms with E-state index in [-0.39, 0.29) is 0 Å². The lowest BCUT2D eigenvalue weighted by Crippen LogP contribution is -2.08. The Bertz CT molecular complexity index is 471. The van der Waals surface area contributed by atoms with Gasteiger partial charge in [0.1, 0.15) is 5.75 Å². The summed E-state index contributed by atoms with van der Waals surface area (Å²) in [6, 6.07) is 17.7. The lowest BCUT2D eigenvalue weighted by molar-refractivity contribution is 0.484. The number of ether oxygens (including phenoxy) is 1. The molecule has 0 saturated heterocycles. The molecule has 0 saturated carbocycles. The zero-order valence-electron chi connectivity index (χ0n) is 10.3. The SMILES string of the molecule is NCCCNc1ccccc1Oc1ccccc1. The maximum absolute atomic E-state index is 5.85. The predicted octanol–water partition coefficient (Wildman–Crippen LogP) is 3.24. The highest BCUT2D eigenvalue weighted by molar-refractivity contribution is 5.57. The number of nitrogens with two attached hydrogens (primary N) is 1. The number of nitrogens with one attached hydrogen (secondary N) is 1. The highest BCUT2D eigenvalue weighted by Gasteiger charge is 2.02. The molecule has 2 rings (SSSR count). The maximum Gasteiger partial charge on any atom is 0.150 e. The summed E-state index contributed by atoms with van der Waals surface area (Å²) in [6.07, 6.45) is 0.944. The van der Waals surface area contributed by atoms with Gasteiger partial charge in [-0.1, -0.05) is 30.3 Å². The average Bonchev–Trinajstić information content (AvgIpc) is 2.42. The van der Waals surface area contributed by atoms with Crippen LogP contribution in [0.2, 0.25) is 0 Å². The third kappa shape index (κ3) is 3.50. The van der Waals surface area contributed by atoms with Gasteiger partial charge in [0.05, 0.1) is 5.69 Å². The van der Waals surface area contributed by atoms with E-state index in [2.05, 4.69) is 5.32 Å². The molecule has 0 aliphatic carbocycles. The molecule has 0 unspecified atom stereocenters. The largest absolute Gasteiger partial charge is 0.455 e. The van der Waals surface area contributed by atoms with Crippen LogP contribution in [0.1, 0.15) is 6.42 Å². The maximum atomic E-state index is 5.85. The van der Waals surface area contributed by atoms with Gasteiger partial charge in [-0.2, -0.15) is 0 Å². The third-order valence-electron chi connectivity index (χ3n) is 2.55. The van der Waals surface area contributed by atoms with Crippen molar-refractivity contribution in [2.45, 2.75) is 6.42 Å². The van der Waals surface area contributed by atoms with Gasteiger partial charge in [0.25, 0.3) is 0 Å². The number of para-hydroxylation sites is 3. The Morgan fingerprint density at radius 3 is 2.44 bits per heavy atom. The minimum Gasteiger partial charge on any atom is -0.455 e. The molecular weight excluding hydrogens is 224 g/mol. The number of hydrogen-bond acceptors (Lipinski definition) is 3. The van der Waals surface area contributed by atoms with Gasteiger partial charge in [-0.15, -0.1) is 0 Å². The first-order valence-corrected chi connectivity index (χ1v) is 6.16. The van der Waals surface area contributed by atoms with Gasteiger partial charge in [-0.25, -0.2) is 0 Å². The highest BCUT2D eigenvalue weighted by atomic mass is 16.5. The van der Waals surface area contributed by atoms with Crippen LogP contribution in [0, 0.1) is 0 Å². The van der Waals surface area contributed by atoms with Gasteiger partial charge < -0.3 is 15.8 Å². The molecule has 3 nitrogen and oxygen atoms in total. The molecule has 0 radical (unpaired) electrons. The van der Waals surface area contributed by atoms with Crippen LogP contribution in [-0.4, -0.2) is 13.1 Å². The Balaban J connectivity index is 2.07. The molecule has 0 atom stereocenters. The molecule has 3 N–H and O–H groups in total. The lowest BCUT2D eigenvalue weighted by Gasteiger charge is -2.12. The summed E-state index contributed by atoms with van der Waals surface area (Å²) in [4.78, 5) is 0. The third-order valence-corrected chi connectivity index (χ3v) is 2.55. The molecule has 0 heterocycles. The Kier molecular flexibility index (Phi) is 4.61. The van der Waals surface area contributed by atoms with Crippen molar-refractivity contribution >= 4 is 5.69 Å². The second-order valence-corrected chi connectivity index (χ2v) is 3.98. The normalized spacial score (nSPS) is 10.1. The van der Waals surface area contributed by atoms with Crippen molar-refractivity contribution in [1.29, 1.82) is 0 Å². The zero-order valence-corrected chi connectivity index (χ0v) is 10.3. The van der Waals surface area contributed by atoms with E-state index in [1.807, 2.05) is 54.6 Å². The molecule has 0 spiro atoms. The summed E-state index contributed by atoms with van der Waals surface area (Å²) in [6.45, 7) is 1.54. The van der Waals surface area contributed by atoms with Crippen LogP contribution in [0.4, 0.5) is 5.69 Å². The standard InChI is InChI=1S/C15H18N2O/c16-11-6-12-17-14-9-4-5-10-15(14)18-13-7-2-1-3-8-13/h1-5,7-10,17H,6,11-12,16H2. The van der Waals surface area contributed by atoms with Crippen molar-refractivity contribution in [3.63, 3.8) is 0 Å². The summed E-state index contributed by atoms with van der Waals surface area (Å²) in [5.41, 5.74) is 6.48. The molecule has 18 heavy (non-hydrogen) atoms. The van der Waals surface area contributed by atoms with Crippen LogP contribution in [0.5, 0.6) is 11.5 Å². The monoisotopic (exact) mass is 242 g/mol.